The van der Waals surface area contributed by atoms with Crippen molar-refractivity contribution in [1.29, 1.82) is 0 Å². The van der Waals surface area contributed by atoms with E-state index in [1.54, 1.807) is 27.7 Å². The molecule has 4 atom stereocenters. The minimum Gasteiger partial charge on any atom is -0.285 e. The van der Waals surface area contributed by atoms with Crippen LogP contribution in [0.5, 0.6) is 0 Å². The molecule has 122 valence electrons. The van der Waals surface area contributed by atoms with Gasteiger partial charge in [0.25, 0.3) is 20.2 Å². The lowest BCUT2D eigenvalue weighted by atomic mass is 9.86. The molecule has 8 heteroatoms. The van der Waals surface area contributed by atoms with Crippen molar-refractivity contribution in [3.8, 4) is 0 Å². The van der Waals surface area contributed by atoms with Crippen molar-refractivity contribution < 1.29 is 25.9 Å². The third-order valence-corrected chi connectivity index (χ3v) is 6.77. The summed E-state index contributed by atoms with van der Waals surface area (Å²) in [4.78, 5) is 0. The van der Waals surface area contributed by atoms with Gasteiger partial charge in [-0.3, -0.25) is 9.11 Å². The molecule has 0 aromatic carbocycles. The normalized spacial score (nSPS) is 19.3. The van der Waals surface area contributed by atoms with Crippen LogP contribution in [0.4, 0.5) is 0 Å². The lowest BCUT2D eigenvalue weighted by Gasteiger charge is -2.31. The van der Waals surface area contributed by atoms with Crippen LogP contribution in [-0.2, 0) is 20.2 Å². The Bertz CT molecular complexity index is 436. The van der Waals surface area contributed by atoms with Crippen LogP contribution < -0.4 is 0 Å². The zero-order chi connectivity index (χ0) is 16.1. The zero-order valence-corrected chi connectivity index (χ0v) is 14.1. The molecule has 0 heterocycles. The summed E-state index contributed by atoms with van der Waals surface area (Å²) in [5, 5.41) is -2.02. The van der Waals surface area contributed by atoms with Crippen LogP contribution in [-0.4, -0.2) is 36.4 Å². The van der Waals surface area contributed by atoms with Crippen LogP contribution in [0.1, 0.15) is 53.4 Å². The fraction of sp³-hybridized carbons (Fsp3) is 1.00. The highest BCUT2D eigenvalue weighted by atomic mass is 32.2. The third kappa shape index (κ3) is 5.67. The lowest BCUT2D eigenvalue weighted by Crippen LogP contribution is -2.39. The maximum absolute atomic E-state index is 11.4. The fourth-order valence-electron chi connectivity index (χ4n) is 2.61. The molecular formula is C12H26O6S2. The van der Waals surface area contributed by atoms with Gasteiger partial charge in [0.15, 0.2) is 0 Å². The van der Waals surface area contributed by atoms with Crippen molar-refractivity contribution in [2.45, 2.75) is 63.9 Å². The van der Waals surface area contributed by atoms with E-state index in [-0.39, 0.29) is 12.8 Å². The van der Waals surface area contributed by atoms with Crippen LogP contribution in [0, 0.1) is 11.8 Å². The molecule has 0 saturated heterocycles. The van der Waals surface area contributed by atoms with Gasteiger partial charge in [0.05, 0.1) is 10.5 Å². The van der Waals surface area contributed by atoms with Crippen molar-refractivity contribution in [3.05, 3.63) is 0 Å². The van der Waals surface area contributed by atoms with E-state index < -0.39 is 42.6 Å². The van der Waals surface area contributed by atoms with Crippen molar-refractivity contribution in [3.63, 3.8) is 0 Å². The van der Waals surface area contributed by atoms with Gasteiger partial charge < -0.3 is 0 Å². The summed E-state index contributed by atoms with van der Waals surface area (Å²) >= 11 is 0. The highest BCUT2D eigenvalue weighted by Gasteiger charge is 2.38. The molecule has 0 amide bonds. The third-order valence-electron chi connectivity index (χ3n) is 3.91. The Labute approximate surface area is 122 Å². The molecule has 0 aliphatic carbocycles. The van der Waals surface area contributed by atoms with Crippen molar-refractivity contribution in [1.82, 2.24) is 0 Å². The topological polar surface area (TPSA) is 109 Å². The Morgan fingerprint density at radius 1 is 0.750 bits per heavy atom. The maximum atomic E-state index is 11.4. The van der Waals surface area contributed by atoms with Crippen molar-refractivity contribution in [2.75, 3.05) is 0 Å². The minimum atomic E-state index is -4.24. The summed E-state index contributed by atoms with van der Waals surface area (Å²) in [6, 6.07) is 0. The van der Waals surface area contributed by atoms with Gasteiger partial charge in [-0.2, -0.15) is 16.8 Å². The van der Waals surface area contributed by atoms with Gasteiger partial charge >= 0.3 is 0 Å². The SMILES string of the molecule is CCCC(C(C)C(C)C(CCC)S(=O)(=O)O)S(=O)(=O)O. The lowest BCUT2D eigenvalue weighted by molar-refractivity contribution is 0.305. The van der Waals surface area contributed by atoms with Crippen LogP contribution in [0.2, 0.25) is 0 Å². The van der Waals surface area contributed by atoms with Gasteiger partial charge in [-0.1, -0.05) is 40.5 Å². The molecule has 0 aliphatic heterocycles. The van der Waals surface area contributed by atoms with E-state index in [0.29, 0.717) is 12.8 Å². The second kappa shape index (κ2) is 7.72. The van der Waals surface area contributed by atoms with Crippen molar-refractivity contribution >= 4 is 20.2 Å². The van der Waals surface area contributed by atoms with Gasteiger partial charge in [0.2, 0.25) is 0 Å². The van der Waals surface area contributed by atoms with Gasteiger partial charge in [-0.15, -0.1) is 0 Å². The largest absolute Gasteiger partial charge is 0.285 e. The van der Waals surface area contributed by atoms with E-state index >= 15 is 0 Å². The van der Waals surface area contributed by atoms with Crippen molar-refractivity contribution in [2.24, 2.45) is 11.8 Å². The van der Waals surface area contributed by atoms with E-state index in [1.165, 1.54) is 0 Å². The molecule has 0 spiro atoms. The van der Waals surface area contributed by atoms with Crippen LogP contribution in [0.3, 0.4) is 0 Å². The number of rotatable bonds is 9. The van der Waals surface area contributed by atoms with E-state index in [4.69, 9.17) is 0 Å². The Morgan fingerprint density at radius 2 is 1.00 bits per heavy atom. The van der Waals surface area contributed by atoms with Gasteiger partial charge in [-0.05, 0) is 24.7 Å². The quantitative estimate of drug-likeness (QED) is 0.628. The van der Waals surface area contributed by atoms with Gasteiger partial charge in [-0.25, -0.2) is 0 Å². The molecule has 20 heavy (non-hydrogen) atoms. The highest BCUT2D eigenvalue weighted by Crippen LogP contribution is 2.31. The summed E-state index contributed by atoms with van der Waals surface area (Å²) in [5.41, 5.74) is 0. The summed E-state index contributed by atoms with van der Waals surface area (Å²) in [6.07, 6.45) is 1.64. The molecule has 2 N–H and O–H groups in total. The molecule has 0 bridgehead atoms. The molecule has 4 unspecified atom stereocenters. The molecule has 0 aliphatic rings. The number of hydrogen-bond acceptors (Lipinski definition) is 4. The molecule has 0 fully saturated rings. The smallest absolute Gasteiger partial charge is 0.268 e. The molecule has 0 radical (unpaired) electrons. The minimum absolute atomic E-state index is 0.259. The van der Waals surface area contributed by atoms with E-state index in [2.05, 4.69) is 0 Å². The van der Waals surface area contributed by atoms with E-state index in [1.807, 2.05) is 0 Å². The molecule has 6 nitrogen and oxygen atoms in total. The average molecular weight is 330 g/mol. The van der Waals surface area contributed by atoms with E-state index in [0.717, 1.165) is 0 Å². The van der Waals surface area contributed by atoms with Crippen LogP contribution in [0.25, 0.3) is 0 Å². The maximum Gasteiger partial charge on any atom is 0.268 e. The second-order valence-corrected chi connectivity index (χ2v) is 8.67. The van der Waals surface area contributed by atoms with E-state index in [9.17, 15) is 25.9 Å². The average Bonchev–Trinajstić information content (AvgIpc) is 2.28. The predicted octanol–water partition coefficient (Wildman–Crippen LogP) is 2.37. The first kappa shape index (κ1) is 19.8. The zero-order valence-electron chi connectivity index (χ0n) is 12.5. The fourth-order valence-corrected chi connectivity index (χ4v) is 5.26. The Kier molecular flexibility index (Phi) is 7.65. The Balaban J connectivity index is 5.36. The molecular weight excluding hydrogens is 304 g/mol. The van der Waals surface area contributed by atoms with Crippen LogP contribution >= 0.6 is 0 Å². The summed E-state index contributed by atoms with van der Waals surface area (Å²) in [6.45, 7) is 6.79. The standard InChI is InChI=1S/C12H26O6S2/c1-5-7-11(19(13,14)15)9(3)10(4)12(8-6-2)20(16,17)18/h9-12H,5-8H2,1-4H3,(H,13,14,15)(H,16,17,18). The first-order chi connectivity index (χ1) is 8.96. The van der Waals surface area contributed by atoms with Gasteiger partial charge in [0, 0.05) is 0 Å². The summed E-state index contributed by atoms with van der Waals surface area (Å²) < 4.78 is 64.4. The Hall–Kier alpha value is -0.180. The Morgan fingerprint density at radius 3 is 1.15 bits per heavy atom. The molecule has 0 aromatic rings. The first-order valence-electron chi connectivity index (χ1n) is 6.89. The number of hydrogen-bond donors (Lipinski definition) is 2. The first-order valence-corrected chi connectivity index (χ1v) is 9.90. The molecule has 0 rings (SSSR count). The molecule has 0 aromatic heterocycles. The monoisotopic (exact) mass is 330 g/mol. The molecule has 0 saturated carbocycles. The highest BCUT2D eigenvalue weighted by molar-refractivity contribution is 7.86. The summed E-state index contributed by atoms with van der Waals surface area (Å²) in [7, 11) is -8.48. The summed E-state index contributed by atoms with van der Waals surface area (Å²) in [5.74, 6) is -1.13. The predicted molar refractivity (Wildman–Crippen MR) is 78.8 cm³/mol. The van der Waals surface area contributed by atoms with Gasteiger partial charge in [0.1, 0.15) is 0 Å². The van der Waals surface area contributed by atoms with Crippen LogP contribution in [0.15, 0.2) is 0 Å². The second-order valence-electron chi connectivity index (χ2n) is 5.40.